The first-order chi connectivity index (χ1) is 15.9. The fraction of sp³-hybridized carbons (Fsp3) is 0.360. The molecule has 0 unspecified atom stereocenters. The second-order valence-electron chi connectivity index (χ2n) is 8.27. The molecule has 0 saturated carbocycles. The number of amides is 1. The quantitative estimate of drug-likeness (QED) is 0.498. The summed E-state index contributed by atoms with van der Waals surface area (Å²) >= 11 is 0. The molecule has 0 aliphatic carbocycles. The number of benzene rings is 2. The van der Waals surface area contributed by atoms with E-state index < -0.39 is 9.84 Å². The molecule has 1 aromatic heterocycles. The second kappa shape index (κ2) is 9.79. The molecule has 1 atom stereocenters. The van der Waals surface area contributed by atoms with Crippen molar-refractivity contribution in [3.8, 4) is 11.3 Å². The average Bonchev–Trinajstić information content (AvgIpc) is 3.46. The van der Waals surface area contributed by atoms with Crippen LogP contribution >= 0.6 is 0 Å². The predicted octanol–water partition coefficient (Wildman–Crippen LogP) is 4.02. The first kappa shape index (κ1) is 23.0. The highest BCUT2D eigenvalue weighted by molar-refractivity contribution is 7.91. The zero-order valence-electron chi connectivity index (χ0n) is 19.0. The first-order valence-corrected chi connectivity index (χ1v) is 13.1. The molecule has 8 heteroatoms. The highest BCUT2D eigenvalue weighted by Crippen LogP contribution is 2.25. The Hall–Kier alpha value is -3.13. The summed E-state index contributed by atoms with van der Waals surface area (Å²) < 4.78 is 29.7. The highest BCUT2D eigenvalue weighted by Gasteiger charge is 2.36. The van der Waals surface area contributed by atoms with Crippen molar-refractivity contribution >= 4 is 21.4 Å². The van der Waals surface area contributed by atoms with E-state index in [-0.39, 0.29) is 29.1 Å². The zero-order valence-corrected chi connectivity index (χ0v) is 19.8. The van der Waals surface area contributed by atoms with Crippen molar-refractivity contribution in [1.29, 1.82) is 0 Å². The fourth-order valence-corrected chi connectivity index (χ4v) is 5.98. The molecule has 1 saturated heterocycles. The number of nitrogens with zero attached hydrogens (tertiary/aromatic N) is 3. The Labute approximate surface area is 194 Å². The molecular formula is C25H29N3O4S. The summed E-state index contributed by atoms with van der Waals surface area (Å²) in [5.74, 6) is 0.244. The van der Waals surface area contributed by atoms with E-state index in [1.54, 1.807) is 11.0 Å². The topological polar surface area (TPSA) is 83.7 Å². The number of carbonyl (C=O) groups is 1. The van der Waals surface area contributed by atoms with Crippen LogP contribution in [-0.4, -0.2) is 55.0 Å². The number of hydrogen-bond acceptors (Lipinski definition) is 6. The lowest BCUT2D eigenvalue weighted by molar-refractivity contribution is 0.0670. The van der Waals surface area contributed by atoms with Gasteiger partial charge in [0, 0.05) is 43.0 Å². The molecule has 1 fully saturated rings. The summed E-state index contributed by atoms with van der Waals surface area (Å²) in [5.41, 5.74) is 3.06. The smallest absolute Gasteiger partial charge is 0.276 e. The lowest BCUT2D eigenvalue weighted by atomic mass is 10.1. The van der Waals surface area contributed by atoms with Gasteiger partial charge in [0.2, 0.25) is 0 Å². The van der Waals surface area contributed by atoms with E-state index in [0.717, 1.165) is 29.9 Å². The number of aromatic nitrogens is 1. The van der Waals surface area contributed by atoms with Gasteiger partial charge < -0.3 is 14.3 Å². The number of rotatable bonds is 8. The van der Waals surface area contributed by atoms with E-state index in [1.807, 2.05) is 54.6 Å². The summed E-state index contributed by atoms with van der Waals surface area (Å²) in [6.07, 6.45) is 0.426. The molecule has 1 aliphatic heterocycles. The minimum absolute atomic E-state index is 0.0281. The molecular weight excluding hydrogens is 438 g/mol. The highest BCUT2D eigenvalue weighted by atomic mass is 32.2. The Balaban J connectivity index is 1.59. The van der Waals surface area contributed by atoms with Crippen LogP contribution in [0.4, 0.5) is 5.69 Å². The second-order valence-corrected chi connectivity index (χ2v) is 10.5. The molecule has 2 aromatic carbocycles. The number of carbonyl (C=O) groups excluding carboxylic acids is 1. The van der Waals surface area contributed by atoms with Crippen LogP contribution in [0.1, 0.15) is 36.3 Å². The summed E-state index contributed by atoms with van der Waals surface area (Å²) in [4.78, 5) is 17.3. The maximum atomic E-state index is 13.5. The molecule has 7 nitrogen and oxygen atoms in total. The van der Waals surface area contributed by atoms with E-state index in [1.165, 1.54) is 0 Å². The molecule has 3 aromatic rings. The predicted molar refractivity (Wildman–Crippen MR) is 129 cm³/mol. The molecule has 33 heavy (non-hydrogen) atoms. The van der Waals surface area contributed by atoms with Crippen molar-refractivity contribution in [2.75, 3.05) is 29.5 Å². The van der Waals surface area contributed by atoms with Gasteiger partial charge in [-0.15, -0.1) is 0 Å². The van der Waals surface area contributed by atoms with Crippen molar-refractivity contribution in [2.24, 2.45) is 0 Å². The van der Waals surface area contributed by atoms with Crippen LogP contribution in [0.3, 0.4) is 0 Å². The third-order valence-corrected chi connectivity index (χ3v) is 7.87. The Kier molecular flexibility index (Phi) is 6.83. The third kappa shape index (κ3) is 5.27. The zero-order chi connectivity index (χ0) is 23.4. The van der Waals surface area contributed by atoms with Crippen LogP contribution in [0.25, 0.3) is 11.3 Å². The van der Waals surface area contributed by atoms with Gasteiger partial charge in [0.1, 0.15) is 0 Å². The molecule has 0 radical (unpaired) electrons. The number of anilines is 1. The molecule has 0 N–H and O–H groups in total. The van der Waals surface area contributed by atoms with Crippen LogP contribution in [0.2, 0.25) is 0 Å². The minimum Gasteiger partial charge on any atom is -0.372 e. The van der Waals surface area contributed by atoms with Crippen LogP contribution in [0, 0.1) is 0 Å². The van der Waals surface area contributed by atoms with Crippen molar-refractivity contribution in [3.63, 3.8) is 0 Å². The van der Waals surface area contributed by atoms with Gasteiger partial charge in [0.15, 0.2) is 21.3 Å². The van der Waals surface area contributed by atoms with E-state index in [2.05, 4.69) is 23.9 Å². The lowest BCUT2D eigenvalue weighted by Crippen LogP contribution is -2.40. The minimum atomic E-state index is -3.16. The molecule has 0 bridgehead atoms. The summed E-state index contributed by atoms with van der Waals surface area (Å²) in [6.45, 7) is 6.36. The number of sulfone groups is 1. The average molecular weight is 468 g/mol. The van der Waals surface area contributed by atoms with Gasteiger partial charge in [0.05, 0.1) is 11.5 Å². The first-order valence-electron chi connectivity index (χ1n) is 11.3. The number of hydrogen-bond donors (Lipinski definition) is 0. The van der Waals surface area contributed by atoms with E-state index in [9.17, 15) is 13.2 Å². The van der Waals surface area contributed by atoms with Gasteiger partial charge >= 0.3 is 0 Å². The van der Waals surface area contributed by atoms with Crippen molar-refractivity contribution in [1.82, 2.24) is 10.1 Å². The van der Waals surface area contributed by atoms with Crippen molar-refractivity contribution < 1.29 is 17.7 Å². The molecule has 1 aliphatic rings. The maximum absolute atomic E-state index is 13.5. The summed E-state index contributed by atoms with van der Waals surface area (Å²) in [5, 5.41) is 4.00. The Morgan fingerprint density at radius 1 is 1.06 bits per heavy atom. The van der Waals surface area contributed by atoms with Crippen molar-refractivity contribution in [3.05, 3.63) is 71.9 Å². The van der Waals surface area contributed by atoms with Gasteiger partial charge in [-0.3, -0.25) is 4.79 Å². The van der Waals surface area contributed by atoms with Crippen LogP contribution in [-0.2, 0) is 16.4 Å². The molecule has 0 spiro atoms. The molecule has 1 amide bonds. The monoisotopic (exact) mass is 467 g/mol. The SMILES string of the molecule is CCN(CC)c1ccc(CN(C(=O)c2cc(-c3ccccc3)on2)[C@H]2CCS(=O)(=O)C2)cc1. The van der Waals surface area contributed by atoms with Crippen LogP contribution < -0.4 is 4.90 Å². The van der Waals surface area contributed by atoms with E-state index in [0.29, 0.717) is 18.7 Å². The van der Waals surface area contributed by atoms with Gasteiger partial charge in [-0.25, -0.2) is 8.42 Å². The van der Waals surface area contributed by atoms with Gasteiger partial charge in [-0.1, -0.05) is 47.6 Å². The Bertz CT molecular complexity index is 1190. The van der Waals surface area contributed by atoms with E-state index >= 15 is 0 Å². The molecule has 174 valence electrons. The van der Waals surface area contributed by atoms with Gasteiger partial charge in [-0.05, 0) is 38.0 Å². The Morgan fingerprint density at radius 2 is 1.76 bits per heavy atom. The standard InChI is InChI=1S/C25H29N3O4S/c1-3-27(4-2)21-12-10-19(11-13-21)17-28(22-14-15-33(30,31)18-22)25(29)23-16-24(32-26-23)20-8-6-5-7-9-20/h5-13,16,22H,3-4,14-15,17-18H2,1-2H3/t22-/m0/s1. The van der Waals surface area contributed by atoms with Crippen LogP contribution in [0.15, 0.2) is 65.2 Å². The Morgan fingerprint density at radius 3 is 2.36 bits per heavy atom. The maximum Gasteiger partial charge on any atom is 0.276 e. The van der Waals surface area contributed by atoms with Crippen molar-refractivity contribution in [2.45, 2.75) is 32.9 Å². The lowest BCUT2D eigenvalue weighted by Gasteiger charge is -2.28. The normalized spacial score (nSPS) is 17.1. The largest absolute Gasteiger partial charge is 0.372 e. The summed E-state index contributed by atoms with van der Waals surface area (Å²) in [7, 11) is -3.16. The van der Waals surface area contributed by atoms with E-state index in [4.69, 9.17) is 4.52 Å². The fourth-order valence-electron chi connectivity index (χ4n) is 4.25. The molecule has 2 heterocycles. The summed E-state index contributed by atoms with van der Waals surface area (Å²) in [6, 6.07) is 18.7. The van der Waals surface area contributed by atoms with Gasteiger partial charge in [0.25, 0.3) is 5.91 Å². The van der Waals surface area contributed by atoms with Gasteiger partial charge in [-0.2, -0.15) is 0 Å². The third-order valence-electron chi connectivity index (χ3n) is 6.12. The molecule has 4 rings (SSSR count). The van der Waals surface area contributed by atoms with Crippen LogP contribution in [0.5, 0.6) is 0 Å².